The maximum absolute atomic E-state index is 10.4. The first-order valence-corrected chi connectivity index (χ1v) is 2.79. The average molecular weight is 147 g/mol. The largest absolute Gasteiger partial charge is 0.392 e. The minimum absolute atomic E-state index is 0.521. The van der Waals surface area contributed by atoms with Crippen LogP contribution in [0.25, 0.3) is 0 Å². The topological polar surface area (TPSA) is 86.8 Å². The molecule has 0 heterocycles. The smallest absolute Gasteiger partial charge is 0.317 e. The van der Waals surface area contributed by atoms with Crippen molar-refractivity contribution in [1.29, 1.82) is 0 Å². The van der Waals surface area contributed by atoms with Crippen LogP contribution in [-0.4, -0.2) is 34.0 Å². The van der Waals surface area contributed by atoms with E-state index in [1.165, 1.54) is 13.5 Å². The molecule has 0 saturated carbocycles. The van der Waals surface area contributed by atoms with Crippen LogP contribution >= 0.6 is 0 Å². The summed E-state index contributed by atoms with van der Waals surface area (Å²) in [6.07, 6.45) is -1.23. The van der Waals surface area contributed by atoms with Gasteiger partial charge < -0.3 is 15.9 Å². The molecule has 0 bridgehead atoms. The normalized spacial score (nSPS) is 12.7. The molecule has 2 amide bonds. The number of carbonyl (C=O) groups excluding carboxylic acids is 1. The van der Waals surface area contributed by atoms with Crippen molar-refractivity contribution in [3.8, 4) is 0 Å². The Morgan fingerprint density at radius 1 is 1.90 bits per heavy atom. The summed E-state index contributed by atoms with van der Waals surface area (Å²) in [6, 6.07) is -0.788. The fourth-order valence-electron chi connectivity index (χ4n) is 0.534. The van der Waals surface area contributed by atoms with Crippen molar-refractivity contribution in [3.63, 3.8) is 0 Å². The lowest BCUT2D eigenvalue weighted by Gasteiger charge is -2.21. The van der Waals surface area contributed by atoms with E-state index in [4.69, 9.17) is 15.9 Å². The molecule has 0 aliphatic heterocycles. The number of carbonyl (C=O) groups is 1. The van der Waals surface area contributed by atoms with E-state index in [0.29, 0.717) is 0 Å². The highest BCUT2D eigenvalue weighted by Crippen LogP contribution is 1.96. The average Bonchev–Trinajstić information content (AvgIpc) is 1.88. The van der Waals surface area contributed by atoms with Crippen LogP contribution in [0.15, 0.2) is 0 Å². The number of hydrogen-bond acceptors (Lipinski definition) is 3. The van der Waals surface area contributed by atoms with E-state index in [9.17, 15) is 4.79 Å². The Labute approximate surface area is 59.0 Å². The molecule has 1 unspecified atom stereocenters. The first kappa shape index (κ1) is 9.19. The summed E-state index contributed by atoms with van der Waals surface area (Å²) < 4.78 is 0. The van der Waals surface area contributed by atoms with Crippen LogP contribution in [0, 0.1) is 6.54 Å². The third-order valence-electron chi connectivity index (χ3n) is 1.02. The Morgan fingerprint density at radius 3 is 2.50 bits per heavy atom. The van der Waals surface area contributed by atoms with E-state index in [2.05, 4.69) is 0 Å². The first-order chi connectivity index (χ1) is 4.63. The van der Waals surface area contributed by atoms with Crippen LogP contribution in [0.5, 0.6) is 0 Å². The number of primary amides is 1. The summed E-state index contributed by atoms with van der Waals surface area (Å²) in [5, 5.41) is 17.2. The number of nitrogens with two attached hydrogens (primary N) is 1. The van der Waals surface area contributed by atoms with E-state index >= 15 is 0 Å². The predicted octanol–water partition coefficient (Wildman–Crippen LogP) is -1.14. The van der Waals surface area contributed by atoms with Gasteiger partial charge in [-0.1, -0.05) is 0 Å². The van der Waals surface area contributed by atoms with Crippen molar-refractivity contribution in [2.24, 2.45) is 5.73 Å². The molecule has 5 nitrogen and oxygen atoms in total. The van der Waals surface area contributed by atoms with Gasteiger partial charge in [0.05, 0.1) is 13.2 Å². The monoisotopic (exact) mass is 147 g/mol. The number of nitrogens with zero attached hydrogens (tertiary/aromatic N) is 1. The van der Waals surface area contributed by atoms with Gasteiger partial charge in [-0.05, 0) is 6.92 Å². The molecule has 0 aromatic rings. The van der Waals surface area contributed by atoms with Crippen molar-refractivity contribution in [1.82, 2.24) is 4.90 Å². The van der Waals surface area contributed by atoms with Crippen molar-refractivity contribution in [2.45, 2.75) is 13.2 Å². The second kappa shape index (κ2) is 4.08. The van der Waals surface area contributed by atoms with Crippen molar-refractivity contribution < 1.29 is 15.0 Å². The number of aliphatic hydroxyl groups is 2. The van der Waals surface area contributed by atoms with E-state index in [-0.39, 0.29) is 0 Å². The molecule has 0 aliphatic rings. The molecule has 0 aromatic heterocycles. The highest BCUT2D eigenvalue weighted by atomic mass is 16.3. The standard InChI is InChI=1S/C5H11N2O3/c1-2-7(5(6)10)4(9)3-8/h2,4,8-9H,3H2,1H3,(H2,6,10). The van der Waals surface area contributed by atoms with Crippen LogP contribution in [-0.2, 0) is 0 Å². The zero-order valence-corrected chi connectivity index (χ0v) is 5.69. The lowest BCUT2D eigenvalue weighted by atomic mass is 10.5. The molecule has 59 valence electrons. The molecule has 0 saturated heterocycles. The molecule has 0 rings (SSSR count). The molecule has 1 radical (unpaired) electrons. The van der Waals surface area contributed by atoms with Gasteiger partial charge in [0, 0.05) is 0 Å². The molecular formula is C5H11N2O3. The van der Waals surface area contributed by atoms with Crippen LogP contribution < -0.4 is 5.73 Å². The van der Waals surface area contributed by atoms with Crippen LogP contribution in [0.4, 0.5) is 4.79 Å². The zero-order chi connectivity index (χ0) is 8.15. The lowest BCUT2D eigenvalue weighted by molar-refractivity contribution is 0.00556. The molecule has 0 aromatic carbocycles. The van der Waals surface area contributed by atoms with Gasteiger partial charge in [-0.2, -0.15) is 0 Å². The number of rotatable bonds is 3. The number of amides is 2. The van der Waals surface area contributed by atoms with E-state index in [1.807, 2.05) is 0 Å². The number of urea groups is 1. The number of hydrogen-bond donors (Lipinski definition) is 3. The molecule has 0 spiro atoms. The summed E-state index contributed by atoms with van der Waals surface area (Å²) in [5.74, 6) is 0. The molecule has 0 aliphatic carbocycles. The zero-order valence-electron chi connectivity index (χ0n) is 5.69. The number of aliphatic hydroxyl groups excluding tert-OH is 2. The van der Waals surface area contributed by atoms with Crippen molar-refractivity contribution in [3.05, 3.63) is 6.54 Å². The van der Waals surface area contributed by atoms with Gasteiger partial charge in [0.1, 0.15) is 0 Å². The maximum atomic E-state index is 10.4. The quantitative estimate of drug-likeness (QED) is 0.441. The minimum Gasteiger partial charge on any atom is -0.392 e. The Balaban J connectivity index is 3.92. The summed E-state index contributed by atoms with van der Waals surface area (Å²) in [5.41, 5.74) is 4.81. The van der Waals surface area contributed by atoms with Gasteiger partial charge in [0.15, 0.2) is 6.23 Å². The fraction of sp³-hybridized carbons (Fsp3) is 0.600. The molecular weight excluding hydrogens is 136 g/mol. The summed E-state index contributed by atoms with van der Waals surface area (Å²) in [4.78, 5) is 11.2. The second-order valence-corrected chi connectivity index (χ2v) is 1.67. The Kier molecular flexibility index (Phi) is 3.75. The van der Waals surface area contributed by atoms with Gasteiger partial charge in [-0.15, -0.1) is 0 Å². The van der Waals surface area contributed by atoms with Crippen LogP contribution in [0.3, 0.4) is 0 Å². The summed E-state index contributed by atoms with van der Waals surface area (Å²) in [6.45, 7) is 2.31. The van der Waals surface area contributed by atoms with Gasteiger partial charge in [-0.3, -0.25) is 4.90 Å². The van der Waals surface area contributed by atoms with E-state index in [1.54, 1.807) is 0 Å². The predicted molar refractivity (Wildman–Crippen MR) is 34.5 cm³/mol. The molecule has 5 heteroatoms. The fourth-order valence-corrected chi connectivity index (χ4v) is 0.534. The maximum Gasteiger partial charge on any atom is 0.317 e. The Morgan fingerprint density at radius 2 is 2.40 bits per heavy atom. The van der Waals surface area contributed by atoms with Gasteiger partial charge in [0.25, 0.3) is 0 Å². The summed E-state index contributed by atoms with van der Waals surface area (Å²) in [7, 11) is 0. The van der Waals surface area contributed by atoms with Crippen LogP contribution in [0.1, 0.15) is 6.92 Å². The molecule has 10 heavy (non-hydrogen) atoms. The highest BCUT2D eigenvalue weighted by molar-refractivity contribution is 5.72. The molecule has 0 fully saturated rings. The Hall–Kier alpha value is -0.810. The Bertz CT molecular complexity index is 117. The van der Waals surface area contributed by atoms with E-state index < -0.39 is 18.9 Å². The molecule has 4 N–H and O–H groups in total. The third-order valence-corrected chi connectivity index (χ3v) is 1.02. The van der Waals surface area contributed by atoms with Gasteiger partial charge >= 0.3 is 6.03 Å². The third kappa shape index (κ3) is 2.20. The first-order valence-electron chi connectivity index (χ1n) is 2.79. The summed E-state index contributed by atoms with van der Waals surface area (Å²) >= 11 is 0. The van der Waals surface area contributed by atoms with Crippen LogP contribution in [0.2, 0.25) is 0 Å². The van der Waals surface area contributed by atoms with Crippen molar-refractivity contribution >= 4 is 6.03 Å². The van der Waals surface area contributed by atoms with Gasteiger partial charge in [-0.25, -0.2) is 4.79 Å². The van der Waals surface area contributed by atoms with Crippen molar-refractivity contribution in [2.75, 3.05) is 6.61 Å². The lowest BCUT2D eigenvalue weighted by Crippen LogP contribution is -2.42. The minimum atomic E-state index is -1.23. The second-order valence-electron chi connectivity index (χ2n) is 1.67. The molecule has 1 atom stereocenters. The SMILES string of the molecule is C[CH]N(C(N)=O)C(O)CO. The van der Waals surface area contributed by atoms with E-state index in [0.717, 1.165) is 4.90 Å². The highest BCUT2D eigenvalue weighted by Gasteiger charge is 2.15. The van der Waals surface area contributed by atoms with Gasteiger partial charge in [0.2, 0.25) is 0 Å².